The maximum absolute atomic E-state index is 13.5. The monoisotopic (exact) mass is 557 g/mol. The van der Waals surface area contributed by atoms with Crippen molar-refractivity contribution in [2.45, 2.75) is 46.1 Å². The van der Waals surface area contributed by atoms with E-state index in [1.165, 1.54) is 11.8 Å². The molecule has 1 aromatic rings. The fraction of sp³-hybridized carbons (Fsp3) is 0.500. The van der Waals surface area contributed by atoms with Crippen LogP contribution in [-0.2, 0) is 23.9 Å². The number of fused-ring (bicyclic) bond motifs is 1. The van der Waals surface area contributed by atoms with Gasteiger partial charge in [-0.3, -0.25) is 9.59 Å². The summed E-state index contributed by atoms with van der Waals surface area (Å²) in [7, 11) is 3.12. The highest BCUT2D eigenvalue weighted by Crippen LogP contribution is 2.46. The molecule has 0 saturated carbocycles. The van der Waals surface area contributed by atoms with Gasteiger partial charge in [0, 0.05) is 18.8 Å². The smallest absolute Gasteiger partial charge is 0.338 e. The average Bonchev–Trinajstić information content (AvgIpc) is 3.33. The number of carbonyl (C=O) groups is 3. The van der Waals surface area contributed by atoms with Gasteiger partial charge < -0.3 is 28.7 Å². The molecular formula is C28H35N3O7S. The lowest BCUT2D eigenvalue weighted by molar-refractivity contribution is -0.151. The Bertz CT molecular complexity index is 1230. The van der Waals surface area contributed by atoms with Gasteiger partial charge in [-0.2, -0.15) is 0 Å². The van der Waals surface area contributed by atoms with Gasteiger partial charge in [-0.15, -0.1) is 0 Å². The maximum Gasteiger partial charge on any atom is 0.338 e. The van der Waals surface area contributed by atoms with E-state index in [1.807, 2.05) is 22.4 Å². The molecule has 3 heterocycles. The number of amidine groups is 1. The third-order valence-electron chi connectivity index (χ3n) is 6.95. The number of hydrogen-bond acceptors (Lipinski definition) is 10. The number of aliphatic imine (C=N–C) groups is 1. The van der Waals surface area contributed by atoms with Crippen LogP contribution in [0, 0.1) is 5.92 Å². The Hall–Kier alpha value is -3.47. The van der Waals surface area contributed by atoms with Crippen molar-refractivity contribution in [1.29, 1.82) is 0 Å². The number of methoxy groups -OCH3 is 2. The molecule has 0 aromatic heterocycles. The molecular weight excluding hydrogens is 522 g/mol. The van der Waals surface area contributed by atoms with E-state index in [2.05, 4.69) is 0 Å². The zero-order valence-electron chi connectivity index (χ0n) is 23.0. The number of ether oxygens (including phenoxy) is 4. The summed E-state index contributed by atoms with van der Waals surface area (Å²) < 4.78 is 21.6. The number of allylic oxidation sites excluding steroid dienone is 1. The van der Waals surface area contributed by atoms with E-state index in [9.17, 15) is 14.4 Å². The first kappa shape index (κ1) is 28.5. The first-order valence-corrected chi connectivity index (χ1v) is 14.0. The van der Waals surface area contributed by atoms with Gasteiger partial charge in [0.15, 0.2) is 16.7 Å². The molecule has 1 amide bonds. The second kappa shape index (κ2) is 12.6. The number of carbonyl (C=O) groups excluding carboxylic acids is 3. The van der Waals surface area contributed by atoms with Gasteiger partial charge >= 0.3 is 11.9 Å². The number of likely N-dealkylation sites (tertiary alicyclic amines) is 1. The molecule has 10 nitrogen and oxygen atoms in total. The molecule has 0 radical (unpaired) electrons. The third kappa shape index (κ3) is 5.93. The van der Waals surface area contributed by atoms with Crippen LogP contribution < -0.4 is 9.47 Å². The standard InChI is InChI=1S/C28H35N3O7S/c1-6-37-26(33)19-9-8-12-30(15-19)23(32)14-20-16-39-28-29-17(3)24(27(34)38-7-2)25(31(20)28)18-10-11-21(35-4)22(13-18)36-5/h10-11,13,16,19,25H,6-9,12,14-15H2,1-5H3/t19-,25-/m1/s1. The van der Waals surface area contributed by atoms with Crippen LogP contribution in [0.15, 0.2) is 45.6 Å². The topological polar surface area (TPSA) is 107 Å². The SMILES string of the molecule is CCOC(=O)C1=C(C)N=C2SC=C(CC(=O)N3CCC[C@@H](C(=O)OCC)C3)N2[C@@H]1c1ccc(OC)c(OC)c1. The molecule has 4 rings (SSSR count). The summed E-state index contributed by atoms with van der Waals surface area (Å²) in [6.07, 6.45) is 1.54. The Balaban J connectivity index is 1.65. The van der Waals surface area contributed by atoms with Crippen molar-refractivity contribution in [2.24, 2.45) is 10.9 Å². The quantitative estimate of drug-likeness (QED) is 0.416. The normalized spacial score (nSPS) is 20.6. The second-order valence-electron chi connectivity index (χ2n) is 9.34. The van der Waals surface area contributed by atoms with Gasteiger partial charge in [0.05, 0.1) is 57.1 Å². The lowest BCUT2D eigenvalue weighted by atomic mass is 9.93. The molecule has 0 bridgehead atoms. The van der Waals surface area contributed by atoms with Gasteiger partial charge in [-0.05, 0) is 56.7 Å². The van der Waals surface area contributed by atoms with Crippen LogP contribution in [-0.4, -0.2) is 73.3 Å². The number of hydrogen-bond donors (Lipinski definition) is 0. The van der Waals surface area contributed by atoms with E-state index in [-0.39, 0.29) is 30.8 Å². The summed E-state index contributed by atoms with van der Waals surface area (Å²) in [5, 5.41) is 2.57. The minimum atomic E-state index is -0.584. The highest BCUT2D eigenvalue weighted by Gasteiger charge is 2.42. The van der Waals surface area contributed by atoms with Crippen LogP contribution >= 0.6 is 11.8 Å². The number of piperidine rings is 1. The predicted molar refractivity (Wildman–Crippen MR) is 147 cm³/mol. The molecule has 210 valence electrons. The Morgan fingerprint density at radius 3 is 2.51 bits per heavy atom. The van der Waals surface area contributed by atoms with Crippen molar-refractivity contribution < 1.29 is 33.3 Å². The highest BCUT2D eigenvalue weighted by atomic mass is 32.2. The first-order valence-electron chi connectivity index (χ1n) is 13.1. The predicted octanol–water partition coefficient (Wildman–Crippen LogP) is 4.03. The van der Waals surface area contributed by atoms with Gasteiger partial charge in [-0.1, -0.05) is 17.8 Å². The number of thioether (sulfide) groups is 1. The summed E-state index contributed by atoms with van der Waals surface area (Å²) >= 11 is 1.41. The number of amides is 1. The molecule has 3 aliphatic rings. The van der Waals surface area contributed by atoms with Crippen molar-refractivity contribution in [3.8, 4) is 11.5 Å². The molecule has 39 heavy (non-hydrogen) atoms. The Labute approximate surface area is 233 Å². The summed E-state index contributed by atoms with van der Waals surface area (Å²) in [5.74, 6) is -0.0499. The Kier molecular flexibility index (Phi) is 9.21. The van der Waals surface area contributed by atoms with Gasteiger partial charge in [-0.25, -0.2) is 9.79 Å². The van der Waals surface area contributed by atoms with Crippen molar-refractivity contribution in [3.63, 3.8) is 0 Å². The number of rotatable bonds is 9. The maximum atomic E-state index is 13.5. The molecule has 0 N–H and O–H groups in total. The van der Waals surface area contributed by atoms with Crippen LogP contribution in [0.25, 0.3) is 0 Å². The van der Waals surface area contributed by atoms with Crippen LogP contribution in [0.4, 0.5) is 0 Å². The van der Waals surface area contributed by atoms with E-state index in [0.717, 1.165) is 17.7 Å². The molecule has 11 heteroatoms. The van der Waals surface area contributed by atoms with Crippen LogP contribution in [0.3, 0.4) is 0 Å². The average molecular weight is 558 g/mol. The van der Waals surface area contributed by atoms with Crippen molar-refractivity contribution in [2.75, 3.05) is 40.5 Å². The van der Waals surface area contributed by atoms with Gasteiger partial charge in [0.1, 0.15) is 0 Å². The zero-order chi connectivity index (χ0) is 28.1. The summed E-state index contributed by atoms with van der Waals surface area (Å²) in [6.45, 7) is 6.79. The number of esters is 2. The molecule has 0 unspecified atom stereocenters. The van der Waals surface area contributed by atoms with E-state index >= 15 is 0 Å². The lowest BCUT2D eigenvalue weighted by Gasteiger charge is -2.37. The highest BCUT2D eigenvalue weighted by molar-refractivity contribution is 8.16. The summed E-state index contributed by atoms with van der Waals surface area (Å²) in [6, 6.07) is 4.91. The minimum Gasteiger partial charge on any atom is -0.493 e. The van der Waals surface area contributed by atoms with Crippen molar-refractivity contribution in [1.82, 2.24) is 9.80 Å². The fourth-order valence-corrected chi connectivity index (χ4v) is 6.07. The van der Waals surface area contributed by atoms with Crippen molar-refractivity contribution >= 4 is 34.8 Å². The van der Waals surface area contributed by atoms with Gasteiger partial charge in [0.25, 0.3) is 0 Å². The van der Waals surface area contributed by atoms with E-state index in [4.69, 9.17) is 23.9 Å². The zero-order valence-corrected chi connectivity index (χ0v) is 23.8. The Morgan fingerprint density at radius 2 is 1.82 bits per heavy atom. The Morgan fingerprint density at radius 1 is 1.08 bits per heavy atom. The van der Waals surface area contributed by atoms with Crippen molar-refractivity contribution in [3.05, 3.63) is 46.1 Å². The number of benzene rings is 1. The largest absolute Gasteiger partial charge is 0.493 e. The molecule has 1 fully saturated rings. The van der Waals surface area contributed by atoms with Crippen LogP contribution in [0.1, 0.15) is 51.6 Å². The second-order valence-corrected chi connectivity index (χ2v) is 10.2. The molecule has 1 saturated heterocycles. The van der Waals surface area contributed by atoms with E-state index in [0.29, 0.717) is 54.1 Å². The van der Waals surface area contributed by atoms with Gasteiger partial charge in [0.2, 0.25) is 5.91 Å². The summed E-state index contributed by atoms with van der Waals surface area (Å²) in [4.78, 5) is 47.4. The van der Waals surface area contributed by atoms with Crippen LogP contribution in [0.2, 0.25) is 0 Å². The number of nitrogens with zero attached hydrogens (tertiary/aromatic N) is 3. The minimum absolute atomic E-state index is 0.0906. The summed E-state index contributed by atoms with van der Waals surface area (Å²) in [5.41, 5.74) is 2.44. The molecule has 0 aliphatic carbocycles. The van der Waals surface area contributed by atoms with Crippen LogP contribution in [0.5, 0.6) is 11.5 Å². The molecule has 3 aliphatic heterocycles. The molecule has 2 atom stereocenters. The fourth-order valence-electron chi connectivity index (χ4n) is 5.10. The molecule has 1 aromatic carbocycles. The third-order valence-corrected chi connectivity index (χ3v) is 7.83. The first-order chi connectivity index (χ1) is 18.8. The van der Waals surface area contributed by atoms with E-state index in [1.54, 1.807) is 46.0 Å². The van der Waals surface area contributed by atoms with E-state index < -0.39 is 12.0 Å². The molecule has 0 spiro atoms. The lowest BCUT2D eigenvalue weighted by Crippen LogP contribution is -2.44.